The molecular formula is C18H18N8. The second kappa shape index (κ2) is 5.99. The van der Waals surface area contributed by atoms with Crippen LogP contribution in [0.3, 0.4) is 0 Å². The summed E-state index contributed by atoms with van der Waals surface area (Å²) in [5.74, 6) is 0.586. The second-order valence-electron chi connectivity index (χ2n) is 6.70. The lowest BCUT2D eigenvalue weighted by atomic mass is 10.2. The molecule has 1 saturated carbocycles. The van der Waals surface area contributed by atoms with E-state index in [0.717, 1.165) is 35.9 Å². The molecule has 0 unspecified atom stereocenters. The molecule has 4 aromatic rings. The Hall–Kier alpha value is -3.13. The lowest BCUT2D eigenvalue weighted by Gasteiger charge is -2.12. The van der Waals surface area contributed by atoms with Crippen molar-refractivity contribution < 1.29 is 0 Å². The Bertz CT molecular complexity index is 1090. The molecule has 0 bridgehead atoms. The van der Waals surface area contributed by atoms with Crippen LogP contribution >= 0.6 is 0 Å². The average Bonchev–Trinajstić information content (AvgIpc) is 3.27. The van der Waals surface area contributed by atoms with Gasteiger partial charge >= 0.3 is 0 Å². The van der Waals surface area contributed by atoms with Gasteiger partial charge in [0.1, 0.15) is 0 Å². The molecule has 3 heterocycles. The van der Waals surface area contributed by atoms with E-state index in [-0.39, 0.29) is 6.04 Å². The number of hydrogen-bond acceptors (Lipinski definition) is 7. The Labute approximate surface area is 149 Å². The first kappa shape index (κ1) is 15.2. The zero-order valence-electron chi connectivity index (χ0n) is 14.1. The summed E-state index contributed by atoms with van der Waals surface area (Å²) in [4.78, 5) is 13.4. The summed E-state index contributed by atoms with van der Waals surface area (Å²) in [5.41, 5.74) is 9.15. The zero-order chi connectivity index (χ0) is 17.5. The Kier molecular flexibility index (Phi) is 3.49. The molecule has 8 heteroatoms. The van der Waals surface area contributed by atoms with E-state index in [4.69, 9.17) is 5.73 Å². The van der Waals surface area contributed by atoms with Crippen molar-refractivity contribution in [3.05, 3.63) is 42.7 Å². The van der Waals surface area contributed by atoms with Gasteiger partial charge in [-0.15, -0.1) is 5.10 Å². The van der Waals surface area contributed by atoms with Crippen LogP contribution in [0.1, 0.15) is 19.3 Å². The number of anilines is 1. The topological polar surface area (TPSA) is 107 Å². The van der Waals surface area contributed by atoms with Gasteiger partial charge in [-0.3, -0.25) is 4.98 Å². The average molecular weight is 346 g/mol. The molecular weight excluding hydrogens is 328 g/mol. The Balaban J connectivity index is 1.53. The number of fused-ring (bicyclic) bond motifs is 2. The van der Waals surface area contributed by atoms with Gasteiger partial charge in [-0.25, -0.2) is 4.98 Å². The van der Waals surface area contributed by atoms with Crippen LogP contribution < -0.4 is 11.1 Å². The highest BCUT2D eigenvalue weighted by Gasteiger charge is 2.22. The molecule has 1 aromatic carbocycles. The molecule has 0 amide bonds. The van der Waals surface area contributed by atoms with Gasteiger partial charge in [0.05, 0.1) is 17.4 Å². The summed E-state index contributed by atoms with van der Waals surface area (Å²) < 4.78 is 1.73. The van der Waals surface area contributed by atoms with E-state index in [0.29, 0.717) is 23.2 Å². The van der Waals surface area contributed by atoms with Gasteiger partial charge in [-0.2, -0.15) is 9.67 Å². The number of aromatic nitrogens is 6. The summed E-state index contributed by atoms with van der Waals surface area (Å²) in [6, 6.07) is 10.5. The molecule has 1 fully saturated rings. The van der Waals surface area contributed by atoms with Crippen molar-refractivity contribution in [2.75, 3.05) is 5.32 Å². The predicted octanol–water partition coefficient (Wildman–Crippen LogP) is 2.05. The molecule has 8 nitrogen and oxygen atoms in total. The minimum atomic E-state index is 0.259. The highest BCUT2D eigenvalue weighted by Crippen LogP contribution is 2.22. The molecule has 130 valence electrons. The molecule has 26 heavy (non-hydrogen) atoms. The first-order valence-electron chi connectivity index (χ1n) is 8.72. The fourth-order valence-electron chi connectivity index (χ4n) is 3.50. The van der Waals surface area contributed by atoms with E-state index in [9.17, 15) is 0 Å². The van der Waals surface area contributed by atoms with Crippen LogP contribution in [-0.2, 0) is 0 Å². The van der Waals surface area contributed by atoms with Gasteiger partial charge in [-0.05, 0) is 43.5 Å². The highest BCUT2D eigenvalue weighted by molar-refractivity contribution is 5.81. The van der Waals surface area contributed by atoms with E-state index in [1.165, 1.54) is 0 Å². The fraction of sp³-hybridized carbons (Fsp3) is 0.278. The molecule has 3 N–H and O–H groups in total. The molecule has 0 saturated heterocycles. The number of rotatable bonds is 3. The number of nitrogens with two attached hydrogens (primary N) is 1. The maximum atomic E-state index is 5.99. The smallest absolute Gasteiger partial charge is 0.225 e. The van der Waals surface area contributed by atoms with Crippen LogP contribution in [-0.4, -0.2) is 42.0 Å². The molecule has 0 radical (unpaired) electrons. The minimum absolute atomic E-state index is 0.259. The van der Waals surface area contributed by atoms with E-state index >= 15 is 0 Å². The molecule has 1 aliphatic carbocycles. The Morgan fingerprint density at radius 2 is 2.08 bits per heavy atom. The van der Waals surface area contributed by atoms with Crippen LogP contribution in [0.5, 0.6) is 0 Å². The summed E-state index contributed by atoms with van der Waals surface area (Å²) in [5, 5.41) is 12.9. The van der Waals surface area contributed by atoms with Crippen molar-refractivity contribution in [2.24, 2.45) is 5.73 Å². The third-order valence-corrected chi connectivity index (χ3v) is 4.83. The standard InChI is InChI=1S/C18H18N8/c19-12-3-4-13(9-12)22-18-21-10-16-17(23-18)26(25-24-16)14-5-6-15-11(8-14)2-1-7-20-15/h1-2,5-8,10,12-13H,3-4,9,19H2,(H,21,22,23)/t12-,13+/m0/s1. The lowest BCUT2D eigenvalue weighted by molar-refractivity contribution is 0.685. The second-order valence-corrected chi connectivity index (χ2v) is 6.70. The van der Waals surface area contributed by atoms with Crippen LogP contribution in [0.2, 0.25) is 0 Å². The normalized spacial score (nSPS) is 20.0. The Morgan fingerprint density at radius 1 is 1.12 bits per heavy atom. The van der Waals surface area contributed by atoms with Crippen LogP contribution in [0.25, 0.3) is 27.8 Å². The Morgan fingerprint density at radius 3 is 2.96 bits per heavy atom. The third kappa shape index (κ3) is 2.64. The van der Waals surface area contributed by atoms with E-state index in [1.54, 1.807) is 17.1 Å². The van der Waals surface area contributed by atoms with Gasteiger partial charge in [0.15, 0.2) is 11.2 Å². The quantitative estimate of drug-likeness (QED) is 0.584. The first-order valence-corrected chi connectivity index (χ1v) is 8.72. The number of hydrogen-bond donors (Lipinski definition) is 2. The monoisotopic (exact) mass is 346 g/mol. The molecule has 0 aliphatic heterocycles. The summed E-state index contributed by atoms with van der Waals surface area (Å²) in [6.45, 7) is 0. The van der Waals surface area contributed by atoms with Gasteiger partial charge in [0, 0.05) is 23.7 Å². The number of benzene rings is 1. The summed E-state index contributed by atoms with van der Waals surface area (Å²) >= 11 is 0. The SMILES string of the molecule is N[C@H]1CC[C@@H](Nc2ncc3nnn(-c4ccc5ncccc5c4)c3n2)C1. The van der Waals surface area contributed by atoms with Crippen molar-refractivity contribution >= 4 is 28.0 Å². The van der Waals surface area contributed by atoms with E-state index < -0.39 is 0 Å². The first-order chi connectivity index (χ1) is 12.8. The predicted molar refractivity (Wildman–Crippen MR) is 99.0 cm³/mol. The van der Waals surface area contributed by atoms with Gasteiger partial charge < -0.3 is 11.1 Å². The fourth-order valence-corrected chi connectivity index (χ4v) is 3.50. The van der Waals surface area contributed by atoms with Crippen LogP contribution in [0.4, 0.5) is 5.95 Å². The molecule has 0 spiro atoms. The van der Waals surface area contributed by atoms with Crippen molar-refractivity contribution in [3.8, 4) is 5.69 Å². The van der Waals surface area contributed by atoms with Crippen LogP contribution in [0.15, 0.2) is 42.7 Å². The van der Waals surface area contributed by atoms with E-state index in [2.05, 4.69) is 30.6 Å². The highest BCUT2D eigenvalue weighted by atomic mass is 15.4. The maximum Gasteiger partial charge on any atom is 0.225 e. The number of nitrogens with one attached hydrogen (secondary N) is 1. The number of pyridine rings is 1. The van der Waals surface area contributed by atoms with E-state index in [1.807, 2.05) is 30.3 Å². The molecule has 2 atom stereocenters. The van der Waals surface area contributed by atoms with Crippen molar-refractivity contribution in [2.45, 2.75) is 31.3 Å². The van der Waals surface area contributed by atoms with Gasteiger partial charge in [0.2, 0.25) is 5.95 Å². The van der Waals surface area contributed by atoms with Crippen molar-refractivity contribution in [1.29, 1.82) is 0 Å². The lowest BCUT2D eigenvalue weighted by Crippen LogP contribution is -2.21. The van der Waals surface area contributed by atoms with Crippen molar-refractivity contribution in [1.82, 2.24) is 29.9 Å². The molecule has 5 rings (SSSR count). The zero-order valence-corrected chi connectivity index (χ0v) is 14.1. The van der Waals surface area contributed by atoms with Gasteiger partial charge in [0.25, 0.3) is 0 Å². The van der Waals surface area contributed by atoms with Crippen molar-refractivity contribution in [3.63, 3.8) is 0 Å². The minimum Gasteiger partial charge on any atom is -0.351 e. The summed E-state index contributed by atoms with van der Waals surface area (Å²) in [7, 11) is 0. The largest absolute Gasteiger partial charge is 0.351 e. The third-order valence-electron chi connectivity index (χ3n) is 4.83. The summed E-state index contributed by atoms with van der Waals surface area (Å²) in [6.07, 6.45) is 6.50. The van der Waals surface area contributed by atoms with Gasteiger partial charge in [-0.1, -0.05) is 11.3 Å². The maximum absolute atomic E-state index is 5.99. The molecule has 3 aromatic heterocycles. The molecule has 1 aliphatic rings. The number of nitrogens with zero attached hydrogens (tertiary/aromatic N) is 6. The van der Waals surface area contributed by atoms with Crippen LogP contribution in [0, 0.1) is 0 Å².